The minimum absolute atomic E-state index is 0.00812. The van der Waals surface area contributed by atoms with Crippen LogP contribution in [0, 0.1) is 28.8 Å². The van der Waals surface area contributed by atoms with E-state index in [4.69, 9.17) is 0 Å². The van der Waals surface area contributed by atoms with E-state index in [1.54, 1.807) is 19.1 Å². The van der Waals surface area contributed by atoms with Gasteiger partial charge in [-0.25, -0.2) is 12.8 Å². The number of carbonyl (C=O) groups excluding carboxylic acids is 1. The van der Waals surface area contributed by atoms with Crippen LogP contribution in [0.25, 0.3) is 0 Å². The van der Waals surface area contributed by atoms with E-state index in [1.807, 2.05) is 0 Å². The average Bonchev–Trinajstić information content (AvgIpc) is 2.69. The second-order valence-corrected chi connectivity index (χ2v) is 8.82. The fraction of sp³-hybridized carbons (Fsp3) is 0.316. The predicted octanol–water partition coefficient (Wildman–Crippen LogP) is 3.08. The maximum Gasteiger partial charge on any atom is 0.274 e. The van der Waals surface area contributed by atoms with Gasteiger partial charge in [0.15, 0.2) is 0 Å². The number of carbonyl (C=O) groups is 1. The molecule has 10 heteroatoms. The number of nitro benzene ring substituents is 1. The first-order valence-electron chi connectivity index (χ1n) is 9.00. The number of nitro groups is 1. The van der Waals surface area contributed by atoms with E-state index in [1.165, 1.54) is 22.5 Å². The zero-order valence-electron chi connectivity index (χ0n) is 15.7. The van der Waals surface area contributed by atoms with E-state index in [0.29, 0.717) is 24.1 Å². The molecule has 154 valence electrons. The Labute approximate surface area is 167 Å². The summed E-state index contributed by atoms with van der Waals surface area (Å²) < 4.78 is 39.6. The zero-order chi connectivity index (χ0) is 21.2. The number of anilines is 1. The molecule has 1 N–H and O–H groups in total. The molecule has 1 aliphatic rings. The standard InChI is InChI=1S/C19H20FN3O5S/c1-13-2-5-16(12-18(13)23(25)26)21-19(24)14-8-10-22(11-9-14)29(27,28)17-6-3-15(20)4-7-17/h2-7,12,14H,8-11H2,1H3,(H,21,24). The maximum atomic E-state index is 13.0. The summed E-state index contributed by atoms with van der Waals surface area (Å²) in [6, 6.07) is 9.07. The fourth-order valence-electron chi connectivity index (χ4n) is 3.24. The van der Waals surface area contributed by atoms with Crippen LogP contribution in [0.2, 0.25) is 0 Å². The topological polar surface area (TPSA) is 110 Å². The molecular formula is C19H20FN3O5S. The molecule has 0 aliphatic carbocycles. The third kappa shape index (κ3) is 4.60. The molecule has 1 aliphatic heterocycles. The van der Waals surface area contributed by atoms with Gasteiger partial charge in [0.05, 0.1) is 9.82 Å². The lowest BCUT2D eigenvalue weighted by Crippen LogP contribution is -2.41. The Morgan fingerprint density at radius 1 is 1.17 bits per heavy atom. The van der Waals surface area contributed by atoms with Crippen LogP contribution >= 0.6 is 0 Å². The highest BCUT2D eigenvalue weighted by atomic mass is 32.2. The quantitative estimate of drug-likeness (QED) is 0.589. The number of rotatable bonds is 5. The minimum Gasteiger partial charge on any atom is -0.326 e. The number of hydrogen-bond donors (Lipinski definition) is 1. The lowest BCUT2D eigenvalue weighted by Gasteiger charge is -2.30. The number of amides is 1. The first-order chi connectivity index (χ1) is 13.7. The number of nitrogens with zero attached hydrogens (tertiary/aromatic N) is 2. The summed E-state index contributed by atoms with van der Waals surface area (Å²) in [7, 11) is -3.75. The summed E-state index contributed by atoms with van der Waals surface area (Å²) in [5.41, 5.74) is 0.740. The van der Waals surface area contributed by atoms with Gasteiger partial charge in [0.25, 0.3) is 5.69 Å². The molecule has 0 radical (unpaired) electrons. The Kier molecular flexibility index (Phi) is 5.94. The summed E-state index contributed by atoms with van der Waals surface area (Å²) in [6.45, 7) is 1.93. The van der Waals surface area contributed by atoms with Crippen molar-refractivity contribution in [3.8, 4) is 0 Å². The lowest BCUT2D eigenvalue weighted by atomic mass is 9.97. The smallest absolute Gasteiger partial charge is 0.274 e. The fourth-order valence-corrected chi connectivity index (χ4v) is 4.71. The number of halogens is 1. The number of benzene rings is 2. The summed E-state index contributed by atoms with van der Waals surface area (Å²) in [5.74, 6) is -1.23. The van der Waals surface area contributed by atoms with E-state index >= 15 is 0 Å². The van der Waals surface area contributed by atoms with Crippen LogP contribution < -0.4 is 5.32 Å². The van der Waals surface area contributed by atoms with Crippen molar-refractivity contribution < 1.29 is 22.5 Å². The molecule has 0 atom stereocenters. The molecule has 8 nitrogen and oxygen atoms in total. The molecule has 2 aromatic carbocycles. The average molecular weight is 421 g/mol. The first kappa shape index (κ1) is 20.9. The van der Waals surface area contributed by atoms with E-state index in [2.05, 4.69) is 5.32 Å². The SMILES string of the molecule is Cc1ccc(NC(=O)C2CCN(S(=O)(=O)c3ccc(F)cc3)CC2)cc1[N+](=O)[O-]. The van der Waals surface area contributed by atoms with Gasteiger partial charge >= 0.3 is 0 Å². The van der Waals surface area contributed by atoms with Gasteiger partial charge in [0.2, 0.25) is 15.9 Å². The summed E-state index contributed by atoms with van der Waals surface area (Å²) in [4.78, 5) is 23.0. The van der Waals surface area contributed by atoms with Crippen LogP contribution in [0.5, 0.6) is 0 Å². The third-order valence-electron chi connectivity index (χ3n) is 4.95. The predicted molar refractivity (Wildman–Crippen MR) is 104 cm³/mol. The summed E-state index contributed by atoms with van der Waals surface area (Å²) in [6.07, 6.45) is 0.639. The Morgan fingerprint density at radius 3 is 2.38 bits per heavy atom. The van der Waals surface area contributed by atoms with Crippen molar-refractivity contribution in [2.24, 2.45) is 5.92 Å². The normalized spacial score (nSPS) is 15.8. The van der Waals surface area contributed by atoms with Crippen LogP contribution in [0.4, 0.5) is 15.8 Å². The van der Waals surface area contributed by atoms with Crippen molar-refractivity contribution >= 4 is 27.3 Å². The van der Waals surface area contributed by atoms with E-state index in [-0.39, 0.29) is 29.6 Å². The van der Waals surface area contributed by atoms with Gasteiger partial charge in [-0.2, -0.15) is 4.31 Å². The molecule has 0 bridgehead atoms. The second-order valence-electron chi connectivity index (χ2n) is 6.88. The number of hydrogen-bond acceptors (Lipinski definition) is 5. The van der Waals surface area contributed by atoms with Crippen molar-refractivity contribution in [1.29, 1.82) is 0 Å². The Morgan fingerprint density at radius 2 is 1.79 bits per heavy atom. The Balaban J connectivity index is 1.63. The van der Waals surface area contributed by atoms with Gasteiger partial charge < -0.3 is 5.32 Å². The molecule has 0 unspecified atom stereocenters. The van der Waals surface area contributed by atoms with E-state index in [0.717, 1.165) is 12.1 Å². The van der Waals surface area contributed by atoms with Gasteiger partial charge in [0.1, 0.15) is 5.82 Å². The molecule has 3 rings (SSSR count). The molecule has 1 heterocycles. The molecule has 0 spiro atoms. The van der Waals surface area contributed by atoms with Gasteiger partial charge in [0, 0.05) is 36.3 Å². The highest BCUT2D eigenvalue weighted by Crippen LogP contribution is 2.26. The molecule has 2 aromatic rings. The van der Waals surface area contributed by atoms with Crippen molar-refractivity contribution in [2.45, 2.75) is 24.7 Å². The largest absolute Gasteiger partial charge is 0.326 e. The maximum absolute atomic E-state index is 13.0. The van der Waals surface area contributed by atoms with Gasteiger partial charge in [-0.05, 0) is 50.1 Å². The number of piperidine rings is 1. The molecule has 0 aromatic heterocycles. The van der Waals surface area contributed by atoms with E-state index in [9.17, 15) is 27.7 Å². The molecule has 1 fully saturated rings. The van der Waals surface area contributed by atoms with Crippen molar-refractivity contribution in [2.75, 3.05) is 18.4 Å². The van der Waals surface area contributed by atoms with Crippen molar-refractivity contribution in [3.63, 3.8) is 0 Å². The molecular weight excluding hydrogens is 401 g/mol. The van der Waals surface area contributed by atoms with Crippen LogP contribution in [0.1, 0.15) is 18.4 Å². The van der Waals surface area contributed by atoms with Crippen LogP contribution in [-0.4, -0.2) is 36.6 Å². The summed E-state index contributed by atoms with van der Waals surface area (Å²) in [5, 5.41) is 13.7. The lowest BCUT2D eigenvalue weighted by molar-refractivity contribution is -0.385. The first-order valence-corrected chi connectivity index (χ1v) is 10.4. The zero-order valence-corrected chi connectivity index (χ0v) is 16.5. The monoisotopic (exact) mass is 421 g/mol. The highest BCUT2D eigenvalue weighted by Gasteiger charge is 2.32. The van der Waals surface area contributed by atoms with Crippen LogP contribution in [0.3, 0.4) is 0 Å². The Bertz CT molecular complexity index is 1030. The van der Waals surface area contributed by atoms with E-state index < -0.39 is 26.7 Å². The van der Waals surface area contributed by atoms with Crippen molar-refractivity contribution in [1.82, 2.24) is 4.31 Å². The molecule has 1 saturated heterocycles. The number of aryl methyl sites for hydroxylation is 1. The van der Waals surface area contributed by atoms with Gasteiger partial charge in [-0.3, -0.25) is 14.9 Å². The van der Waals surface area contributed by atoms with Crippen LogP contribution in [0.15, 0.2) is 47.4 Å². The molecule has 0 saturated carbocycles. The molecule has 29 heavy (non-hydrogen) atoms. The molecule has 1 amide bonds. The third-order valence-corrected chi connectivity index (χ3v) is 6.86. The Hall–Kier alpha value is -2.85. The number of nitrogens with one attached hydrogen (secondary N) is 1. The van der Waals surface area contributed by atoms with Gasteiger partial charge in [-0.15, -0.1) is 0 Å². The highest BCUT2D eigenvalue weighted by molar-refractivity contribution is 7.89. The van der Waals surface area contributed by atoms with Crippen LogP contribution in [-0.2, 0) is 14.8 Å². The van der Waals surface area contributed by atoms with Crippen molar-refractivity contribution in [3.05, 3.63) is 64.0 Å². The summed E-state index contributed by atoms with van der Waals surface area (Å²) >= 11 is 0. The van der Waals surface area contributed by atoms with Gasteiger partial charge in [-0.1, -0.05) is 6.07 Å². The minimum atomic E-state index is -3.75. The number of sulfonamides is 1. The second kappa shape index (κ2) is 8.26.